The highest BCUT2D eigenvalue weighted by Crippen LogP contribution is 2.43. The second-order valence-corrected chi connectivity index (χ2v) is 13.6. The van der Waals surface area contributed by atoms with Crippen LogP contribution in [0.1, 0.15) is 5.56 Å². The predicted octanol–water partition coefficient (Wildman–Crippen LogP) is 5.78. The van der Waals surface area contributed by atoms with Gasteiger partial charge in [0.05, 0.1) is 17.3 Å². The minimum atomic E-state index is -2.67. The molecular formula is C36H25N3Si. The molecule has 6 aromatic rings. The van der Waals surface area contributed by atoms with Crippen LogP contribution in [0, 0.1) is 11.3 Å². The Morgan fingerprint density at radius 3 is 1.60 bits per heavy atom. The van der Waals surface area contributed by atoms with Gasteiger partial charge in [0.1, 0.15) is 0 Å². The number of aromatic nitrogens is 1. The highest BCUT2D eigenvalue weighted by Gasteiger charge is 2.48. The van der Waals surface area contributed by atoms with Gasteiger partial charge in [0.25, 0.3) is 0 Å². The molecule has 0 unspecified atom stereocenters. The molecular weight excluding hydrogens is 503 g/mol. The Hall–Kier alpha value is -5.24. The molecule has 0 aliphatic carbocycles. The fourth-order valence-electron chi connectivity index (χ4n) is 6.27. The molecule has 1 aliphatic rings. The lowest BCUT2D eigenvalue weighted by atomic mass is 9.99. The topological polar surface area (TPSA) is 39.9 Å². The standard InChI is InChI=1S/C36H25N3Si/c37-25-27-23-24-38-26-31(27)30-17-7-8-18-32(30)39-33-19-9-11-21-35(33)40(28-13-3-1-4-14-28,29-15-5-2-6-16-29)36-22-12-10-20-34(36)39/h1-24,26H. The van der Waals surface area contributed by atoms with E-state index in [1.807, 2.05) is 6.07 Å². The summed E-state index contributed by atoms with van der Waals surface area (Å²) in [6.07, 6.45) is 3.47. The first kappa shape index (κ1) is 23.8. The van der Waals surface area contributed by atoms with E-state index in [-0.39, 0.29) is 0 Å². The van der Waals surface area contributed by atoms with Crippen molar-refractivity contribution in [2.45, 2.75) is 0 Å². The van der Waals surface area contributed by atoms with Crippen molar-refractivity contribution < 1.29 is 0 Å². The second kappa shape index (κ2) is 9.81. The SMILES string of the molecule is N#Cc1ccncc1-c1ccccc1N1c2ccccc2[Si](c2ccccc2)(c2ccccc2)c2ccccc21. The summed E-state index contributed by atoms with van der Waals surface area (Å²) in [5, 5.41) is 15.3. The van der Waals surface area contributed by atoms with Gasteiger partial charge in [-0.1, -0.05) is 115 Å². The molecule has 188 valence electrons. The van der Waals surface area contributed by atoms with Gasteiger partial charge in [-0.15, -0.1) is 0 Å². The molecule has 0 spiro atoms. The smallest absolute Gasteiger partial charge is 0.184 e. The molecule has 0 radical (unpaired) electrons. The maximum atomic E-state index is 9.93. The number of anilines is 3. The summed E-state index contributed by atoms with van der Waals surface area (Å²) in [6, 6.07) is 52.2. The monoisotopic (exact) mass is 527 g/mol. The highest BCUT2D eigenvalue weighted by atomic mass is 28.3. The zero-order valence-electron chi connectivity index (χ0n) is 21.8. The molecule has 5 aromatic carbocycles. The van der Waals surface area contributed by atoms with Crippen molar-refractivity contribution in [3.8, 4) is 17.2 Å². The first-order valence-electron chi connectivity index (χ1n) is 13.4. The average molecular weight is 528 g/mol. The zero-order chi connectivity index (χ0) is 26.9. The number of para-hydroxylation sites is 3. The second-order valence-electron chi connectivity index (χ2n) is 9.90. The summed E-state index contributed by atoms with van der Waals surface area (Å²) in [7, 11) is -2.67. The van der Waals surface area contributed by atoms with Crippen molar-refractivity contribution in [1.29, 1.82) is 5.26 Å². The number of benzene rings is 5. The summed E-state index contributed by atoms with van der Waals surface area (Å²) in [6.45, 7) is 0. The van der Waals surface area contributed by atoms with E-state index in [2.05, 4.69) is 143 Å². The van der Waals surface area contributed by atoms with E-state index in [1.165, 1.54) is 20.7 Å². The van der Waals surface area contributed by atoms with Crippen molar-refractivity contribution in [2.24, 2.45) is 0 Å². The van der Waals surface area contributed by atoms with Crippen molar-refractivity contribution in [3.05, 3.63) is 157 Å². The van der Waals surface area contributed by atoms with Gasteiger partial charge in [-0.05, 0) is 45.0 Å². The van der Waals surface area contributed by atoms with Crippen LogP contribution in [0.2, 0.25) is 0 Å². The Bertz CT molecular complexity index is 1790. The normalized spacial score (nSPS) is 13.1. The van der Waals surface area contributed by atoms with Crippen LogP contribution < -0.4 is 25.6 Å². The lowest BCUT2D eigenvalue weighted by Gasteiger charge is -2.45. The van der Waals surface area contributed by atoms with E-state index in [0.717, 1.165) is 28.2 Å². The summed E-state index contributed by atoms with van der Waals surface area (Å²) in [5.74, 6) is 0. The van der Waals surface area contributed by atoms with E-state index >= 15 is 0 Å². The fourth-order valence-corrected chi connectivity index (χ4v) is 11.4. The Balaban J connectivity index is 1.59. The minimum Gasteiger partial charge on any atom is -0.310 e. The molecule has 1 aliphatic heterocycles. The quantitative estimate of drug-likeness (QED) is 0.273. The Morgan fingerprint density at radius 1 is 0.525 bits per heavy atom. The number of nitriles is 1. The van der Waals surface area contributed by atoms with E-state index < -0.39 is 8.07 Å². The number of nitrogens with zero attached hydrogens (tertiary/aromatic N) is 3. The number of hydrogen-bond acceptors (Lipinski definition) is 3. The van der Waals surface area contributed by atoms with E-state index in [4.69, 9.17) is 0 Å². The lowest BCUT2D eigenvalue weighted by Crippen LogP contribution is -2.77. The van der Waals surface area contributed by atoms with Crippen LogP contribution in [-0.4, -0.2) is 13.1 Å². The van der Waals surface area contributed by atoms with Crippen LogP contribution >= 0.6 is 0 Å². The molecule has 0 saturated carbocycles. The number of pyridine rings is 1. The van der Waals surface area contributed by atoms with Gasteiger partial charge >= 0.3 is 0 Å². The number of rotatable bonds is 4. The molecule has 0 fully saturated rings. The molecule has 0 amide bonds. The summed E-state index contributed by atoms with van der Waals surface area (Å²) in [5.41, 5.74) is 5.76. The Kier molecular flexibility index (Phi) is 5.85. The van der Waals surface area contributed by atoms with Crippen LogP contribution in [0.4, 0.5) is 17.1 Å². The van der Waals surface area contributed by atoms with E-state index in [9.17, 15) is 5.26 Å². The van der Waals surface area contributed by atoms with E-state index in [0.29, 0.717) is 5.56 Å². The van der Waals surface area contributed by atoms with Gasteiger partial charge in [-0.2, -0.15) is 5.26 Å². The zero-order valence-corrected chi connectivity index (χ0v) is 22.8. The van der Waals surface area contributed by atoms with Gasteiger partial charge in [-0.25, -0.2) is 0 Å². The minimum absolute atomic E-state index is 0.610. The third kappa shape index (κ3) is 3.53. The average Bonchev–Trinajstić information content (AvgIpc) is 3.04. The molecule has 0 saturated heterocycles. The van der Waals surface area contributed by atoms with Gasteiger partial charge < -0.3 is 4.90 Å². The van der Waals surface area contributed by atoms with Crippen LogP contribution in [0.3, 0.4) is 0 Å². The van der Waals surface area contributed by atoms with Crippen molar-refractivity contribution in [1.82, 2.24) is 4.98 Å². The van der Waals surface area contributed by atoms with Crippen LogP contribution in [-0.2, 0) is 0 Å². The van der Waals surface area contributed by atoms with Gasteiger partial charge in [0, 0.05) is 34.9 Å². The van der Waals surface area contributed by atoms with Crippen LogP contribution in [0.5, 0.6) is 0 Å². The highest BCUT2D eigenvalue weighted by molar-refractivity contribution is 7.21. The molecule has 3 nitrogen and oxygen atoms in total. The first-order chi connectivity index (χ1) is 19.8. The third-order valence-electron chi connectivity index (χ3n) is 7.89. The number of hydrogen-bond donors (Lipinski definition) is 0. The Labute approximate surface area is 235 Å². The first-order valence-corrected chi connectivity index (χ1v) is 15.4. The molecule has 0 atom stereocenters. The largest absolute Gasteiger partial charge is 0.310 e. The molecule has 2 heterocycles. The molecule has 40 heavy (non-hydrogen) atoms. The Morgan fingerprint density at radius 2 is 1.02 bits per heavy atom. The summed E-state index contributed by atoms with van der Waals surface area (Å²) >= 11 is 0. The van der Waals surface area contributed by atoms with Gasteiger partial charge in [0.15, 0.2) is 8.07 Å². The predicted molar refractivity (Wildman–Crippen MR) is 166 cm³/mol. The van der Waals surface area contributed by atoms with Gasteiger partial charge in [0.2, 0.25) is 0 Å². The molecule has 0 bridgehead atoms. The maximum absolute atomic E-state index is 9.93. The van der Waals surface area contributed by atoms with Crippen molar-refractivity contribution in [2.75, 3.05) is 4.90 Å². The van der Waals surface area contributed by atoms with E-state index in [1.54, 1.807) is 18.5 Å². The van der Waals surface area contributed by atoms with Crippen LogP contribution in [0.15, 0.2) is 152 Å². The van der Waals surface area contributed by atoms with Crippen LogP contribution in [0.25, 0.3) is 11.1 Å². The summed E-state index contributed by atoms with van der Waals surface area (Å²) < 4.78 is 0. The number of fused-ring (bicyclic) bond motifs is 2. The molecule has 1 aromatic heterocycles. The molecule has 4 heteroatoms. The molecule has 7 rings (SSSR count). The van der Waals surface area contributed by atoms with Crippen molar-refractivity contribution in [3.63, 3.8) is 0 Å². The lowest BCUT2D eigenvalue weighted by molar-refractivity contribution is 1.27. The van der Waals surface area contributed by atoms with Crippen molar-refractivity contribution >= 4 is 45.9 Å². The van der Waals surface area contributed by atoms with Gasteiger partial charge in [-0.3, -0.25) is 4.98 Å². The third-order valence-corrected chi connectivity index (χ3v) is 12.7. The summed E-state index contributed by atoms with van der Waals surface area (Å²) in [4.78, 5) is 6.76. The maximum Gasteiger partial charge on any atom is 0.184 e. The fraction of sp³-hybridized carbons (Fsp3) is 0. The molecule has 0 N–H and O–H groups in total.